The lowest BCUT2D eigenvalue weighted by Gasteiger charge is -2.34. The average Bonchev–Trinajstić information content (AvgIpc) is 2.30. The molecule has 5 heteroatoms. The molecule has 0 spiro atoms. The fraction of sp³-hybridized carbons (Fsp3) is 0.364. The van der Waals surface area contributed by atoms with E-state index in [0.717, 1.165) is 4.47 Å². The molecule has 0 bridgehead atoms. The Morgan fingerprint density at radius 3 is 2.62 bits per heavy atom. The fourth-order valence-corrected chi connectivity index (χ4v) is 2.06. The number of morpholine rings is 1. The minimum Gasteiger partial charge on any atom is -0.480 e. The summed E-state index contributed by atoms with van der Waals surface area (Å²) in [6.07, 6.45) is 0. The lowest BCUT2D eigenvalue weighted by Crippen LogP contribution is -2.56. The maximum absolute atomic E-state index is 11.4. The molecule has 1 aliphatic heterocycles. The number of carboxylic acids is 1. The number of halogens is 1. The number of carboxylic acid groups (broad SMARTS) is 1. The molecular weight excluding hydrogens is 274 g/mol. The van der Waals surface area contributed by atoms with E-state index >= 15 is 0 Å². The van der Waals surface area contributed by atoms with Gasteiger partial charge >= 0.3 is 5.97 Å². The van der Waals surface area contributed by atoms with Crippen molar-refractivity contribution in [2.75, 3.05) is 19.8 Å². The van der Waals surface area contributed by atoms with Gasteiger partial charge in [0.2, 0.25) is 0 Å². The summed E-state index contributed by atoms with van der Waals surface area (Å²) in [6.45, 7) is 1.25. The summed E-state index contributed by atoms with van der Waals surface area (Å²) in [5.41, 5.74) is -0.401. The van der Waals surface area contributed by atoms with Crippen molar-refractivity contribution in [3.8, 4) is 0 Å². The van der Waals surface area contributed by atoms with Crippen LogP contribution in [0.25, 0.3) is 0 Å². The van der Waals surface area contributed by atoms with Crippen LogP contribution < -0.4 is 5.32 Å². The summed E-state index contributed by atoms with van der Waals surface area (Å²) in [5.74, 6) is -0.908. The zero-order valence-electron chi connectivity index (χ0n) is 8.57. The van der Waals surface area contributed by atoms with Gasteiger partial charge in [0.25, 0.3) is 0 Å². The molecule has 4 nitrogen and oxygen atoms in total. The first-order valence-electron chi connectivity index (χ1n) is 4.97. The van der Waals surface area contributed by atoms with Crippen molar-refractivity contribution < 1.29 is 14.6 Å². The second-order valence-electron chi connectivity index (χ2n) is 3.70. The fourth-order valence-electron chi connectivity index (χ4n) is 1.79. The van der Waals surface area contributed by atoms with Crippen LogP contribution in [0.15, 0.2) is 28.7 Å². The number of hydrogen-bond donors (Lipinski definition) is 2. The summed E-state index contributed by atoms with van der Waals surface area (Å²) in [6, 6.07) is 7.24. The predicted octanol–water partition coefficient (Wildman–Crippen LogP) is 1.35. The standard InChI is InChI=1S/C11H12BrNO3/c12-9-3-1-8(2-4-9)11(10(14)15)7-16-6-5-13-11/h1-4,13H,5-7H2,(H,14,15). The number of benzene rings is 1. The highest BCUT2D eigenvalue weighted by Gasteiger charge is 2.42. The molecule has 0 amide bonds. The highest BCUT2D eigenvalue weighted by Crippen LogP contribution is 2.25. The van der Waals surface area contributed by atoms with Crippen molar-refractivity contribution in [3.63, 3.8) is 0 Å². The molecule has 16 heavy (non-hydrogen) atoms. The molecule has 0 aliphatic carbocycles. The molecule has 1 unspecified atom stereocenters. The molecule has 2 N–H and O–H groups in total. The van der Waals surface area contributed by atoms with Gasteiger partial charge < -0.3 is 9.84 Å². The Balaban J connectivity index is 2.38. The van der Waals surface area contributed by atoms with Crippen molar-refractivity contribution in [3.05, 3.63) is 34.3 Å². The van der Waals surface area contributed by atoms with Crippen LogP contribution in [0.4, 0.5) is 0 Å². The molecule has 0 aromatic heterocycles. The van der Waals surface area contributed by atoms with Crippen molar-refractivity contribution in [2.45, 2.75) is 5.54 Å². The third-order valence-electron chi connectivity index (χ3n) is 2.69. The van der Waals surface area contributed by atoms with E-state index in [-0.39, 0.29) is 6.61 Å². The molecule has 0 saturated carbocycles. The smallest absolute Gasteiger partial charge is 0.331 e. The first kappa shape index (κ1) is 11.6. The van der Waals surface area contributed by atoms with E-state index in [9.17, 15) is 9.90 Å². The SMILES string of the molecule is O=C(O)C1(c2ccc(Br)cc2)COCCN1. The molecule has 1 fully saturated rings. The van der Waals surface area contributed by atoms with Crippen molar-refractivity contribution in [2.24, 2.45) is 0 Å². The van der Waals surface area contributed by atoms with Gasteiger partial charge in [-0.3, -0.25) is 5.32 Å². The molecule has 86 valence electrons. The van der Waals surface area contributed by atoms with Crippen LogP contribution in [0.3, 0.4) is 0 Å². The Morgan fingerprint density at radius 1 is 1.44 bits per heavy atom. The van der Waals surface area contributed by atoms with Gasteiger partial charge in [-0.25, -0.2) is 4.79 Å². The van der Waals surface area contributed by atoms with Gasteiger partial charge in [-0.2, -0.15) is 0 Å². The third-order valence-corrected chi connectivity index (χ3v) is 3.22. The molecule has 1 heterocycles. The molecule has 1 saturated heterocycles. The van der Waals surface area contributed by atoms with Gasteiger partial charge in [0.15, 0.2) is 5.54 Å². The number of ether oxygens (including phenoxy) is 1. The zero-order valence-corrected chi connectivity index (χ0v) is 10.2. The van der Waals surface area contributed by atoms with Crippen molar-refractivity contribution >= 4 is 21.9 Å². The van der Waals surface area contributed by atoms with Crippen LogP contribution >= 0.6 is 15.9 Å². The largest absolute Gasteiger partial charge is 0.480 e. The van der Waals surface area contributed by atoms with E-state index in [1.54, 1.807) is 12.1 Å². The molecule has 1 atom stereocenters. The second-order valence-corrected chi connectivity index (χ2v) is 4.61. The Hall–Kier alpha value is -0.910. The zero-order chi connectivity index (χ0) is 11.6. The topological polar surface area (TPSA) is 58.6 Å². The maximum atomic E-state index is 11.4. The highest BCUT2D eigenvalue weighted by molar-refractivity contribution is 9.10. The maximum Gasteiger partial charge on any atom is 0.331 e. The second kappa shape index (κ2) is 4.53. The van der Waals surface area contributed by atoms with Gasteiger partial charge in [-0.1, -0.05) is 28.1 Å². The van der Waals surface area contributed by atoms with Crippen LogP contribution in [0.1, 0.15) is 5.56 Å². The summed E-state index contributed by atoms with van der Waals surface area (Å²) < 4.78 is 6.20. The number of carbonyl (C=O) groups is 1. The number of rotatable bonds is 2. The van der Waals surface area contributed by atoms with Crippen LogP contribution in [-0.4, -0.2) is 30.8 Å². The number of hydrogen-bond acceptors (Lipinski definition) is 3. The lowest BCUT2D eigenvalue weighted by molar-refractivity contribution is -0.151. The Labute approximate surface area is 102 Å². The van der Waals surface area contributed by atoms with Crippen LogP contribution in [-0.2, 0) is 15.1 Å². The van der Waals surface area contributed by atoms with Gasteiger partial charge in [-0.05, 0) is 17.7 Å². The minimum atomic E-state index is -1.11. The van der Waals surface area contributed by atoms with Gasteiger partial charge in [0.1, 0.15) is 0 Å². The average molecular weight is 286 g/mol. The number of nitrogens with one attached hydrogen (secondary N) is 1. The van der Waals surface area contributed by atoms with Gasteiger partial charge in [-0.15, -0.1) is 0 Å². The van der Waals surface area contributed by atoms with Crippen LogP contribution in [0.5, 0.6) is 0 Å². The monoisotopic (exact) mass is 285 g/mol. The van der Waals surface area contributed by atoms with Crippen molar-refractivity contribution in [1.29, 1.82) is 0 Å². The van der Waals surface area contributed by atoms with Crippen LogP contribution in [0.2, 0.25) is 0 Å². The molecule has 0 radical (unpaired) electrons. The lowest BCUT2D eigenvalue weighted by atomic mass is 9.90. The van der Waals surface area contributed by atoms with Crippen LogP contribution in [0, 0.1) is 0 Å². The number of aliphatic carboxylic acids is 1. The van der Waals surface area contributed by atoms with Crippen molar-refractivity contribution in [1.82, 2.24) is 5.32 Å². The first-order valence-corrected chi connectivity index (χ1v) is 5.77. The van der Waals surface area contributed by atoms with E-state index in [0.29, 0.717) is 18.7 Å². The Kier molecular flexibility index (Phi) is 3.28. The van der Waals surface area contributed by atoms with E-state index in [4.69, 9.17) is 4.74 Å². The normalized spacial score (nSPS) is 25.3. The van der Waals surface area contributed by atoms with E-state index in [2.05, 4.69) is 21.2 Å². The summed E-state index contributed by atoms with van der Waals surface area (Å²) >= 11 is 3.33. The predicted molar refractivity (Wildman–Crippen MR) is 62.3 cm³/mol. The summed E-state index contributed by atoms with van der Waals surface area (Å²) in [4.78, 5) is 11.4. The molecular formula is C11H12BrNO3. The Morgan fingerprint density at radius 2 is 2.12 bits per heavy atom. The summed E-state index contributed by atoms with van der Waals surface area (Å²) in [7, 11) is 0. The minimum absolute atomic E-state index is 0.157. The third kappa shape index (κ3) is 1.98. The highest BCUT2D eigenvalue weighted by atomic mass is 79.9. The van der Waals surface area contributed by atoms with E-state index < -0.39 is 11.5 Å². The van der Waals surface area contributed by atoms with Gasteiger partial charge in [0, 0.05) is 11.0 Å². The molecule has 1 aromatic rings. The van der Waals surface area contributed by atoms with Gasteiger partial charge in [0.05, 0.1) is 13.2 Å². The van der Waals surface area contributed by atoms with E-state index in [1.807, 2.05) is 12.1 Å². The molecule has 1 aromatic carbocycles. The molecule has 1 aliphatic rings. The quantitative estimate of drug-likeness (QED) is 0.861. The summed E-state index contributed by atoms with van der Waals surface area (Å²) in [5, 5.41) is 12.4. The van der Waals surface area contributed by atoms with E-state index in [1.165, 1.54) is 0 Å². The Bertz CT molecular complexity index is 385. The molecule has 2 rings (SSSR count). The first-order chi connectivity index (χ1) is 7.65.